The molecule has 7 nitrogen and oxygen atoms in total. The number of rotatable bonds is 3. The van der Waals surface area contributed by atoms with Gasteiger partial charge in [-0.3, -0.25) is 9.36 Å². The van der Waals surface area contributed by atoms with Gasteiger partial charge in [0.05, 0.1) is 12.2 Å². The van der Waals surface area contributed by atoms with Gasteiger partial charge in [0.1, 0.15) is 6.33 Å². The molecule has 4 aromatic rings. The molecule has 23 heavy (non-hydrogen) atoms. The van der Waals surface area contributed by atoms with Crippen LogP contribution in [0.2, 0.25) is 0 Å². The Morgan fingerprint density at radius 2 is 1.91 bits per heavy atom. The van der Waals surface area contributed by atoms with Crippen LogP contribution in [0, 0.1) is 0 Å². The lowest BCUT2D eigenvalue weighted by molar-refractivity contribution is 0.742. The fraction of sp³-hybridized carbons (Fsp3) is 0.0625. The minimum absolute atomic E-state index is 0.201. The molecular weight excluding hydrogens is 292 g/mol. The van der Waals surface area contributed by atoms with Gasteiger partial charge >= 0.3 is 0 Å². The first-order valence-corrected chi connectivity index (χ1v) is 7.06. The first-order valence-electron chi connectivity index (χ1n) is 7.06. The second kappa shape index (κ2) is 5.45. The molecule has 112 valence electrons. The number of hydrogen-bond acceptors (Lipinski definition) is 5. The summed E-state index contributed by atoms with van der Waals surface area (Å²) in [6.07, 6.45) is 8.11. The van der Waals surface area contributed by atoms with Gasteiger partial charge in [0.2, 0.25) is 0 Å². The van der Waals surface area contributed by atoms with Crippen molar-refractivity contribution in [3.05, 3.63) is 77.4 Å². The van der Waals surface area contributed by atoms with E-state index in [1.165, 1.54) is 23.3 Å². The van der Waals surface area contributed by atoms with E-state index in [-0.39, 0.29) is 11.1 Å². The summed E-state index contributed by atoms with van der Waals surface area (Å²) in [6.45, 7) is 0.410. The summed E-state index contributed by atoms with van der Waals surface area (Å²) in [5.74, 6) is 0. The van der Waals surface area contributed by atoms with Crippen LogP contribution in [0.25, 0.3) is 16.9 Å². The van der Waals surface area contributed by atoms with E-state index < -0.39 is 0 Å². The van der Waals surface area contributed by atoms with Crippen molar-refractivity contribution in [3.63, 3.8) is 0 Å². The largest absolute Gasteiger partial charge is 0.293 e. The van der Waals surface area contributed by atoms with E-state index >= 15 is 0 Å². The second-order valence-electron chi connectivity index (χ2n) is 5.03. The molecule has 0 bridgehead atoms. The molecule has 0 N–H and O–H groups in total. The Bertz CT molecular complexity index is 1020. The minimum Gasteiger partial charge on any atom is -0.293 e. The Balaban J connectivity index is 1.73. The zero-order valence-electron chi connectivity index (χ0n) is 12.1. The topological polar surface area (TPSA) is 78.5 Å². The summed E-state index contributed by atoms with van der Waals surface area (Å²) in [5.41, 5.74) is 2.35. The summed E-state index contributed by atoms with van der Waals surface area (Å²) in [4.78, 5) is 24.7. The van der Waals surface area contributed by atoms with Gasteiger partial charge < -0.3 is 0 Å². The summed E-state index contributed by atoms with van der Waals surface area (Å²) >= 11 is 0. The standard InChI is InChI=1S/C16H12N6O/c23-16-14-15(18-7-6-17-14)19-11-21(16)10-12-3-1-4-13(9-12)22-8-2-5-20-22/h1-9,11H,10H2. The Hall–Kier alpha value is -3.35. The maximum absolute atomic E-state index is 12.4. The van der Waals surface area contributed by atoms with E-state index in [9.17, 15) is 4.79 Å². The molecule has 3 aromatic heterocycles. The van der Waals surface area contributed by atoms with Gasteiger partial charge in [-0.2, -0.15) is 5.10 Å². The highest BCUT2D eigenvalue weighted by molar-refractivity contribution is 5.66. The molecule has 0 unspecified atom stereocenters. The van der Waals surface area contributed by atoms with Gasteiger partial charge in [0, 0.05) is 24.8 Å². The normalized spacial score (nSPS) is 11.0. The molecule has 1 aromatic carbocycles. The smallest absolute Gasteiger partial charge is 0.281 e. The van der Waals surface area contributed by atoms with Crippen LogP contribution < -0.4 is 5.56 Å². The van der Waals surface area contributed by atoms with Crippen LogP contribution in [-0.4, -0.2) is 29.3 Å². The first kappa shape index (κ1) is 13.3. The quantitative estimate of drug-likeness (QED) is 0.572. The van der Waals surface area contributed by atoms with Crippen LogP contribution in [0.4, 0.5) is 0 Å². The number of fused-ring (bicyclic) bond motifs is 1. The summed E-state index contributed by atoms with van der Waals surface area (Å²) < 4.78 is 3.30. The Morgan fingerprint density at radius 3 is 2.78 bits per heavy atom. The maximum atomic E-state index is 12.4. The van der Waals surface area contributed by atoms with E-state index in [2.05, 4.69) is 20.1 Å². The van der Waals surface area contributed by atoms with Crippen molar-refractivity contribution in [1.82, 2.24) is 29.3 Å². The molecule has 0 aliphatic carbocycles. The van der Waals surface area contributed by atoms with Crippen LogP contribution >= 0.6 is 0 Å². The van der Waals surface area contributed by atoms with Gasteiger partial charge in [-0.15, -0.1) is 0 Å². The number of nitrogens with zero attached hydrogens (tertiary/aromatic N) is 6. The first-order chi connectivity index (χ1) is 11.3. The lowest BCUT2D eigenvalue weighted by Crippen LogP contribution is -2.22. The Labute approximate surface area is 130 Å². The Kier molecular flexibility index (Phi) is 3.16. The SMILES string of the molecule is O=c1c2nccnc2ncn1Cc1cccc(-n2cccn2)c1. The third kappa shape index (κ3) is 2.48. The predicted octanol–water partition coefficient (Wildman–Crippen LogP) is 1.42. The van der Waals surface area contributed by atoms with Crippen molar-refractivity contribution in [2.45, 2.75) is 6.54 Å². The van der Waals surface area contributed by atoms with Gasteiger partial charge in [-0.1, -0.05) is 12.1 Å². The van der Waals surface area contributed by atoms with Crippen molar-refractivity contribution in [3.8, 4) is 5.69 Å². The molecule has 0 saturated carbocycles. The molecule has 0 spiro atoms. The predicted molar refractivity (Wildman–Crippen MR) is 84.3 cm³/mol. The van der Waals surface area contributed by atoms with Crippen LogP contribution in [0.3, 0.4) is 0 Å². The summed E-state index contributed by atoms with van der Waals surface area (Å²) in [5, 5.41) is 4.21. The highest BCUT2D eigenvalue weighted by Crippen LogP contribution is 2.10. The molecule has 0 radical (unpaired) electrons. The molecule has 0 aliphatic heterocycles. The number of benzene rings is 1. The minimum atomic E-state index is -0.201. The molecule has 0 fully saturated rings. The molecule has 0 amide bonds. The average Bonchev–Trinajstić information content (AvgIpc) is 3.13. The van der Waals surface area contributed by atoms with E-state index in [1.54, 1.807) is 10.9 Å². The van der Waals surface area contributed by atoms with Crippen molar-refractivity contribution < 1.29 is 0 Å². The summed E-state index contributed by atoms with van der Waals surface area (Å²) in [6, 6.07) is 9.71. The monoisotopic (exact) mass is 304 g/mol. The van der Waals surface area contributed by atoms with E-state index in [4.69, 9.17) is 0 Å². The van der Waals surface area contributed by atoms with Gasteiger partial charge in [0.25, 0.3) is 5.56 Å². The van der Waals surface area contributed by atoms with Crippen LogP contribution in [0.1, 0.15) is 5.56 Å². The zero-order chi connectivity index (χ0) is 15.6. The lowest BCUT2D eigenvalue weighted by Gasteiger charge is -2.08. The molecule has 0 saturated heterocycles. The number of hydrogen-bond donors (Lipinski definition) is 0. The van der Waals surface area contributed by atoms with Crippen molar-refractivity contribution in [1.29, 1.82) is 0 Å². The highest BCUT2D eigenvalue weighted by Gasteiger charge is 2.07. The number of aromatic nitrogens is 6. The fourth-order valence-corrected chi connectivity index (χ4v) is 2.42. The van der Waals surface area contributed by atoms with Crippen molar-refractivity contribution in [2.75, 3.05) is 0 Å². The Morgan fingerprint density at radius 1 is 1.00 bits per heavy atom. The average molecular weight is 304 g/mol. The molecular formula is C16H12N6O. The second-order valence-corrected chi connectivity index (χ2v) is 5.03. The van der Waals surface area contributed by atoms with Crippen molar-refractivity contribution >= 4 is 11.2 Å². The third-order valence-electron chi connectivity index (χ3n) is 3.49. The van der Waals surface area contributed by atoms with Crippen LogP contribution in [0.5, 0.6) is 0 Å². The van der Waals surface area contributed by atoms with Crippen molar-refractivity contribution in [2.24, 2.45) is 0 Å². The summed E-state index contributed by atoms with van der Waals surface area (Å²) in [7, 11) is 0. The molecule has 0 aliphatic rings. The molecule has 7 heteroatoms. The fourth-order valence-electron chi connectivity index (χ4n) is 2.42. The van der Waals surface area contributed by atoms with E-state index in [0.29, 0.717) is 12.2 Å². The molecule has 0 atom stereocenters. The van der Waals surface area contributed by atoms with Crippen LogP contribution in [0.15, 0.2) is 66.2 Å². The molecule has 4 rings (SSSR count). The lowest BCUT2D eigenvalue weighted by atomic mass is 10.2. The van der Waals surface area contributed by atoms with Gasteiger partial charge in [0.15, 0.2) is 11.2 Å². The van der Waals surface area contributed by atoms with Gasteiger partial charge in [-0.25, -0.2) is 19.6 Å². The zero-order valence-corrected chi connectivity index (χ0v) is 12.1. The van der Waals surface area contributed by atoms with Crippen LogP contribution in [-0.2, 0) is 6.54 Å². The van der Waals surface area contributed by atoms with E-state index in [1.807, 2.05) is 36.5 Å². The van der Waals surface area contributed by atoms with Gasteiger partial charge in [-0.05, 0) is 23.8 Å². The maximum Gasteiger partial charge on any atom is 0.281 e. The third-order valence-corrected chi connectivity index (χ3v) is 3.49. The van der Waals surface area contributed by atoms with E-state index in [0.717, 1.165) is 11.3 Å². The highest BCUT2D eigenvalue weighted by atomic mass is 16.1. The molecule has 3 heterocycles.